The maximum absolute atomic E-state index is 13.6. The number of anilines is 1. The van der Waals surface area contributed by atoms with Crippen LogP contribution in [-0.2, 0) is 12.4 Å². The van der Waals surface area contributed by atoms with Crippen molar-refractivity contribution in [2.45, 2.75) is 12.4 Å². The van der Waals surface area contributed by atoms with E-state index in [0.29, 0.717) is 10.1 Å². The summed E-state index contributed by atoms with van der Waals surface area (Å²) in [4.78, 5) is 16.9. The van der Waals surface area contributed by atoms with Gasteiger partial charge in [-0.3, -0.25) is 4.79 Å². The van der Waals surface area contributed by atoms with Crippen molar-refractivity contribution in [3.63, 3.8) is 0 Å². The minimum Gasteiger partial charge on any atom is -0.321 e. The van der Waals surface area contributed by atoms with Crippen molar-refractivity contribution in [2.75, 3.05) is 5.32 Å². The quantitative estimate of drug-likeness (QED) is 0.408. The molecule has 32 heavy (non-hydrogen) atoms. The molecular weight excluding hydrogens is 438 g/mol. The minimum atomic E-state index is -4.83. The van der Waals surface area contributed by atoms with E-state index < -0.39 is 46.4 Å². The van der Waals surface area contributed by atoms with Crippen molar-refractivity contribution in [1.29, 1.82) is 0 Å². The van der Waals surface area contributed by atoms with Crippen molar-refractivity contribution in [1.82, 2.24) is 14.6 Å². The maximum atomic E-state index is 13.6. The number of halogens is 6. The minimum absolute atomic E-state index is 0.0735. The van der Waals surface area contributed by atoms with Gasteiger partial charge in [0.1, 0.15) is 5.56 Å². The highest BCUT2D eigenvalue weighted by Gasteiger charge is 2.37. The smallest absolute Gasteiger partial charge is 0.321 e. The van der Waals surface area contributed by atoms with Crippen LogP contribution in [0.3, 0.4) is 0 Å². The Bertz CT molecular complexity index is 1300. The first-order chi connectivity index (χ1) is 15.1. The number of rotatable bonds is 3. The third-order valence-corrected chi connectivity index (χ3v) is 4.56. The van der Waals surface area contributed by atoms with E-state index in [4.69, 9.17) is 0 Å². The highest BCUT2D eigenvalue weighted by molar-refractivity contribution is 6.08. The lowest BCUT2D eigenvalue weighted by atomic mass is 10.1. The normalized spacial score (nSPS) is 12.2. The van der Waals surface area contributed by atoms with Crippen LogP contribution in [-0.4, -0.2) is 20.5 Å². The SMILES string of the molecule is O=C(Nc1ccccc1C(F)(F)F)c1cnn2c(C(F)(F)F)cc(-c3ccccc3)nc12. The Morgan fingerprint density at radius 3 is 2.19 bits per heavy atom. The number of alkyl halides is 6. The molecule has 0 fully saturated rings. The van der Waals surface area contributed by atoms with Gasteiger partial charge in [-0.25, -0.2) is 9.50 Å². The molecule has 0 radical (unpaired) electrons. The molecule has 2 aromatic carbocycles. The van der Waals surface area contributed by atoms with Gasteiger partial charge in [0.25, 0.3) is 5.91 Å². The van der Waals surface area contributed by atoms with Crippen LogP contribution in [0.4, 0.5) is 32.0 Å². The Hall–Kier alpha value is -3.89. The van der Waals surface area contributed by atoms with Crippen molar-refractivity contribution < 1.29 is 31.1 Å². The van der Waals surface area contributed by atoms with E-state index in [9.17, 15) is 31.1 Å². The Morgan fingerprint density at radius 1 is 0.875 bits per heavy atom. The van der Waals surface area contributed by atoms with Crippen LogP contribution in [0.2, 0.25) is 0 Å². The first-order valence-corrected chi connectivity index (χ1v) is 9.04. The van der Waals surface area contributed by atoms with E-state index in [0.717, 1.165) is 30.5 Å². The summed E-state index contributed by atoms with van der Waals surface area (Å²) in [6, 6.07) is 13.0. The van der Waals surface area contributed by atoms with Gasteiger partial charge >= 0.3 is 12.4 Å². The van der Waals surface area contributed by atoms with Crippen LogP contribution >= 0.6 is 0 Å². The van der Waals surface area contributed by atoms with Gasteiger partial charge in [0.05, 0.1) is 23.1 Å². The highest BCUT2D eigenvalue weighted by atomic mass is 19.4. The molecule has 4 rings (SSSR count). The standard InChI is InChI=1S/C21H12F6N4O/c22-20(23,24)14-8-4-5-9-15(14)30-19(32)13-11-28-31-17(21(25,26)27)10-16(29-18(13)31)12-6-2-1-3-7-12/h1-11H,(H,30,32). The number of hydrogen-bond donors (Lipinski definition) is 1. The zero-order valence-electron chi connectivity index (χ0n) is 15.9. The molecule has 0 saturated heterocycles. The van der Waals surface area contributed by atoms with Crippen molar-refractivity contribution >= 4 is 17.2 Å². The van der Waals surface area contributed by atoms with Crippen LogP contribution in [0.1, 0.15) is 21.6 Å². The summed E-state index contributed by atoms with van der Waals surface area (Å²) in [5, 5.41) is 5.70. The number of carbonyl (C=O) groups is 1. The van der Waals surface area contributed by atoms with Crippen molar-refractivity contribution in [3.05, 3.63) is 83.7 Å². The third-order valence-electron chi connectivity index (χ3n) is 4.56. The summed E-state index contributed by atoms with van der Waals surface area (Å²) in [6.45, 7) is 0. The predicted molar refractivity (Wildman–Crippen MR) is 103 cm³/mol. The van der Waals surface area contributed by atoms with Crippen LogP contribution in [0, 0.1) is 0 Å². The van der Waals surface area contributed by atoms with Gasteiger partial charge in [-0.2, -0.15) is 31.4 Å². The predicted octanol–water partition coefficient (Wildman–Crippen LogP) is 5.69. The first kappa shape index (κ1) is 21.3. The van der Waals surface area contributed by atoms with Gasteiger partial charge in [0.15, 0.2) is 11.3 Å². The second-order valence-corrected chi connectivity index (χ2v) is 6.68. The number of fused-ring (bicyclic) bond motifs is 1. The second-order valence-electron chi connectivity index (χ2n) is 6.68. The average molecular weight is 450 g/mol. The lowest BCUT2D eigenvalue weighted by Gasteiger charge is -2.13. The molecule has 4 aromatic rings. The topological polar surface area (TPSA) is 59.3 Å². The fraction of sp³-hybridized carbons (Fsp3) is 0.0952. The summed E-state index contributed by atoms with van der Waals surface area (Å²) < 4.78 is 81.0. The molecule has 164 valence electrons. The number of hydrogen-bond acceptors (Lipinski definition) is 3. The van der Waals surface area contributed by atoms with Gasteiger partial charge in [-0.1, -0.05) is 42.5 Å². The molecule has 1 N–H and O–H groups in total. The van der Waals surface area contributed by atoms with E-state index in [1.54, 1.807) is 18.2 Å². The number of nitrogens with one attached hydrogen (secondary N) is 1. The third kappa shape index (κ3) is 4.01. The molecule has 0 atom stereocenters. The average Bonchev–Trinajstić information content (AvgIpc) is 3.16. The van der Waals surface area contributed by atoms with Crippen LogP contribution in [0.25, 0.3) is 16.9 Å². The fourth-order valence-corrected chi connectivity index (χ4v) is 3.11. The van der Waals surface area contributed by atoms with Gasteiger partial charge in [0.2, 0.25) is 0 Å². The van der Waals surface area contributed by atoms with Gasteiger partial charge in [0, 0.05) is 5.56 Å². The molecule has 5 nitrogen and oxygen atoms in total. The Labute approximate surface area is 176 Å². The monoisotopic (exact) mass is 450 g/mol. The van der Waals surface area contributed by atoms with Gasteiger partial charge < -0.3 is 5.32 Å². The summed E-state index contributed by atoms with van der Waals surface area (Å²) in [5.74, 6) is -1.08. The molecule has 2 heterocycles. The number of amides is 1. The molecule has 1 amide bonds. The Kier molecular flexibility index (Phi) is 5.11. The zero-order chi connectivity index (χ0) is 23.1. The molecule has 0 bridgehead atoms. The fourth-order valence-electron chi connectivity index (χ4n) is 3.11. The molecular formula is C21H12F6N4O. The number of benzene rings is 2. The van der Waals surface area contributed by atoms with Crippen molar-refractivity contribution in [3.8, 4) is 11.3 Å². The van der Waals surface area contributed by atoms with E-state index in [1.165, 1.54) is 18.2 Å². The van der Waals surface area contributed by atoms with Gasteiger partial charge in [-0.05, 0) is 18.2 Å². The van der Waals surface area contributed by atoms with Crippen LogP contribution in [0.15, 0.2) is 66.9 Å². The zero-order valence-corrected chi connectivity index (χ0v) is 15.9. The summed E-state index contributed by atoms with van der Waals surface area (Å²) in [7, 11) is 0. The second kappa shape index (κ2) is 7.66. The van der Waals surface area contributed by atoms with E-state index in [-0.39, 0.29) is 5.69 Å². The lowest BCUT2D eigenvalue weighted by Crippen LogP contribution is -2.17. The summed E-state index contributed by atoms with van der Waals surface area (Å²) in [6.07, 6.45) is -8.74. The Balaban J connectivity index is 1.83. The number of para-hydroxylation sites is 1. The van der Waals surface area contributed by atoms with Crippen LogP contribution < -0.4 is 5.32 Å². The summed E-state index contributed by atoms with van der Waals surface area (Å²) >= 11 is 0. The van der Waals surface area contributed by atoms with E-state index in [1.807, 2.05) is 0 Å². The molecule has 0 aliphatic carbocycles. The molecule has 0 aliphatic rings. The number of aromatic nitrogens is 3. The molecule has 0 unspecified atom stereocenters. The largest absolute Gasteiger partial charge is 0.433 e. The molecule has 11 heteroatoms. The molecule has 2 aromatic heterocycles. The Morgan fingerprint density at radius 2 is 1.53 bits per heavy atom. The van der Waals surface area contributed by atoms with E-state index in [2.05, 4.69) is 15.4 Å². The molecule has 0 spiro atoms. The first-order valence-electron chi connectivity index (χ1n) is 9.04. The van der Waals surface area contributed by atoms with Crippen LogP contribution in [0.5, 0.6) is 0 Å². The highest BCUT2D eigenvalue weighted by Crippen LogP contribution is 2.35. The summed E-state index contributed by atoms with van der Waals surface area (Å²) in [5.41, 5.74) is -3.40. The number of carbonyl (C=O) groups excluding carboxylic acids is 1. The number of nitrogens with zero attached hydrogens (tertiary/aromatic N) is 3. The maximum Gasteiger partial charge on any atom is 0.433 e. The molecule has 0 saturated carbocycles. The van der Waals surface area contributed by atoms with E-state index >= 15 is 0 Å². The van der Waals surface area contributed by atoms with Gasteiger partial charge in [-0.15, -0.1) is 0 Å². The lowest BCUT2D eigenvalue weighted by molar-refractivity contribution is -0.142. The van der Waals surface area contributed by atoms with Crippen molar-refractivity contribution in [2.24, 2.45) is 0 Å². The molecule has 0 aliphatic heterocycles.